The first kappa shape index (κ1) is 20.5. The van der Waals surface area contributed by atoms with Crippen LogP contribution >= 0.6 is 23.1 Å². The Hall–Kier alpha value is -0.570. The Bertz CT molecular complexity index is 557. The summed E-state index contributed by atoms with van der Waals surface area (Å²) >= 11 is 3.01. The second-order valence-corrected chi connectivity index (χ2v) is 9.65. The molecule has 1 heterocycles. The minimum atomic E-state index is -3.65. The number of hydrogen-bond donors (Lipinski definition) is 2. The molecular weight excluding hydrogens is 352 g/mol. The van der Waals surface area contributed by atoms with Crippen molar-refractivity contribution < 1.29 is 13.2 Å². The summed E-state index contributed by atoms with van der Waals surface area (Å²) in [6.45, 7) is 6.37. The molecule has 0 aliphatic heterocycles. The van der Waals surface area contributed by atoms with Crippen molar-refractivity contribution in [1.29, 1.82) is 0 Å². The molecule has 0 spiro atoms. The van der Waals surface area contributed by atoms with Crippen LogP contribution in [0.25, 0.3) is 0 Å². The first-order chi connectivity index (χ1) is 10.9. The lowest BCUT2D eigenvalue weighted by atomic mass is 10.1. The van der Waals surface area contributed by atoms with Crippen molar-refractivity contribution in [3.8, 4) is 0 Å². The Kier molecular flexibility index (Phi) is 9.19. The number of nitrogens with one attached hydrogen (secondary N) is 2. The number of carbonyl (C=O) groups is 1. The average Bonchev–Trinajstić information content (AvgIpc) is 3.03. The van der Waals surface area contributed by atoms with Gasteiger partial charge in [-0.15, -0.1) is 11.3 Å². The number of sulfonamides is 1. The maximum absolute atomic E-state index is 12.3. The van der Waals surface area contributed by atoms with Crippen LogP contribution in [0, 0.1) is 5.92 Å². The molecule has 1 amide bonds. The minimum absolute atomic E-state index is 0.126. The molecule has 132 valence electrons. The predicted molar refractivity (Wildman–Crippen MR) is 98.5 cm³/mol. The number of amides is 1. The van der Waals surface area contributed by atoms with E-state index in [4.69, 9.17) is 0 Å². The third kappa shape index (κ3) is 7.24. The van der Waals surface area contributed by atoms with Crippen molar-refractivity contribution in [1.82, 2.24) is 10.0 Å². The molecule has 0 aliphatic rings. The number of carbonyl (C=O) groups excluding carboxylic acids is 1. The van der Waals surface area contributed by atoms with E-state index >= 15 is 0 Å². The molecule has 0 bridgehead atoms. The second-order valence-electron chi connectivity index (χ2n) is 5.53. The fourth-order valence-corrected chi connectivity index (χ4v) is 5.07. The Morgan fingerprint density at radius 3 is 2.65 bits per heavy atom. The second kappa shape index (κ2) is 10.3. The summed E-state index contributed by atoms with van der Waals surface area (Å²) in [5.41, 5.74) is 0. The van der Waals surface area contributed by atoms with Crippen molar-refractivity contribution in [2.24, 2.45) is 5.92 Å². The molecule has 0 saturated carbocycles. The molecule has 0 unspecified atom stereocenters. The number of thioether (sulfide) groups is 1. The molecule has 23 heavy (non-hydrogen) atoms. The molecule has 5 nitrogen and oxygen atoms in total. The van der Waals surface area contributed by atoms with Gasteiger partial charge in [0, 0.05) is 6.54 Å². The van der Waals surface area contributed by atoms with Crippen molar-refractivity contribution in [3.05, 3.63) is 17.5 Å². The van der Waals surface area contributed by atoms with Crippen LogP contribution in [0.15, 0.2) is 21.7 Å². The van der Waals surface area contributed by atoms with E-state index in [2.05, 4.69) is 17.0 Å². The molecule has 0 fully saturated rings. The van der Waals surface area contributed by atoms with E-state index < -0.39 is 16.1 Å². The van der Waals surface area contributed by atoms with Gasteiger partial charge in [0.2, 0.25) is 5.91 Å². The molecular formula is C15H26N2O3S3. The summed E-state index contributed by atoms with van der Waals surface area (Å²) in [5, 5.41) is 4.53. The number of hydrogen-bond acceptors (Lipinski definition) is 5. The summed E-state index contributed by atoms with van der Waals surface area (Å²) in [6.07, 6.45) is 2.04. The minimum Gasteiger partial charge on any atom is -0.355 e. The molecule has 0 aromatic carbocycles. The summed E-state index contributed by atoms with van der Waals surface area (Å²) in [4.78, 5) is 12.3. The molecule has 0 radical (unpaired) electrons. The average molecular weight is 379 g/mol. The van der Waals surface area contributed by atoms with E-state index in [9.17, 15) is 13.2 Å². The molecule has 2 N–H and O–H groups in total. The highest BCUT2D eigenvalue weighted by atomic mass is 32.2. The predicted octanol–water partition coefficient (Wildman–Crippen LogP) is 2.70. The topological polar surface area (TPSA) is 75.3 Å². The summed E-state index contributed by atoms with van der Waals surface area (Å²) in [7, 11) is -3.65. The van der Waals surface area contributed by atoms with Crippen LogP contribution in [-0.4, -0.2) is 38.4 Å². The van der Waals surface area contributed by atoms with Crippen molar-refractivity contribution in [2.75, 3.05) is 18.1 Å². The van der Waals surface area contributed by atoms with Gasteiger partial charge < -0.3 is 5.32 Å². The van der Waals surface area contributed by atoms with Gasteiger partial charge in [0.15, 0.2) is 0 Å². The molecule has 1 aromatic rings. The maximum Gasteiger partial charge on any atom is 0.250 e. The lowest BCUT2D eigenvalue weighted by Gasteiger charge is -2.21. The quantitative estimate of drug-likeness (QED) is 0.581. The molecule has 0 saturated heterocycles. The van der Waals surface area contributed by atoms with Gasteiger partial charge >= 0.3 is 0 Å². The van der Waals surface area contributed by atoms with Gasteiger partial charge in [-0.25, -0.2) is 8.42 Å². The third-order valence-electron chi connectivity index (χ3n) is 3.10. The van der Waals surface area contributed by atoms with Gasteiger partial charge in [-0.1, -0.05) is 26.8 Å². The fourth-order valence-electron chi connectivity index (χ4n) is 1.88. The van der Waals surface area contributed by atoms with Gasteiger partial charge in [0.1, 0.15) is 10.3 Å². The SMILES string of the molecule is CCCSCCCNC(=O)[C@@H](NS(=O)(=O)c1cccs1)C(C)C. The zero-order valence-corrected chi connectivity index (χ0v) is 16.3. The van der Waals surface area contributed by atoms with Crippen LogP contribution < -0.4 is 10.0 Å². The Labute approximate surface area is 147 Å². The van der Waals surface area contributed by atoms with Crippen molar-refractivity contribution in [2.45, 2.75) is 43.9 Å². The van der Waals surface area contributed by atoms with Gasteiger partial charge in [0.05, 0.1) is 0 Å². The van der Waals surface area contributed by atoms with Crippen molar-refractivity contribution in [3.63, 3.8) is 0 Å². The molecule has 1 rings (SSSR count). The van der Waals surface area contributed by atoms with Gasteiger partial charge in [-0.3, -0.25) is 4.79 Å². The third-order valence-corrected chi connectivity index (χ3v) is 7.22. The lowest BCUT2D eigenvalue weighted by Crippen LogP contribution is -2.49. The number of rotatable bonds is 11. The molecule has 1 atom stereocenters. The van der Waals surface area contributed by atoms with Crippen LogP contribution in [0.3, 0.4) is 0 Å². The fraction of sp³-hybridized carbons (Fsp3) is 0.667. The largest absolute Gasteiger partial charge is 0.355 e. The first-order valence-corrected chi connectivity index (χ1v) is 11.3. The highest BCUT2D eigenvalue weighted by Crippen LogP contribution is 2.17. The highest BCUT2D eigenvalue weighted by Gasteiger charge is 2.28. The lowest BCUT2D eigenvalue weighted by molar-refractivity contribution is -0.123. The smallest absolute Gasteiger partial charge is 0.250 e. The van der Waals surface area contributed by atoms with E-state index in [-0.39, 0.29) is 16.0 Å². The standard InChI is InChI=1S/C15H26N2O3S3/c1-4-9-21-10-6-8-16-15(18)14(12(2)3)17-23(19,20)13-7-5-11-22-13/h5,7,11-12,14,17H,4,6,8-10H2,1-3H3,(H,16,18)/t14-/m0/s1. The van der Waals surface area contributed by atoms with Gasteiger partial charge in [-0.05, 0) is 41.7 Å². The van der Waals surface area contributed by atoms with Crippen molar-refractivity contribution >= 4 is 39.0 Å². The van der Waals surface area contributed by atoms with E-state index in [0.717, 1.165) is 35.7 Å². The van der Waals surface area contributed by atoms with Crippen LogP contribution in [-0.2, 0) is 14.8 Å². The van der Waals surface area contributed by atoms with E-state index in [1.807, 2.05) is 25.6 Å². The zero-order valence-electron chi connectivity index (χ0n) is 13.9. The monoisotopic (exact) mass is 378 g/mol. The van der Waals surface area contributed by atoms with E-state index in [1.54, 1.807) is 11.4 Å². The maximum atomic E-state index is 12.3. The highest BCUT2D eigenvalue weighted by molar-refractivity contribution is 7.99. The van der Waals surface area contributed by atoms with Crippen LogP contribution in [0.5, 0.6) is 0 Å². The van der Waals surface area contributed by atoms with E-state index in [1.165, 1.54) is 6.07 Å². The Morgan fingerprint density at radius 1 is 1.35 bits per heavy atom. The van der Waals surface area contributed by atoms with Crippen LogP contribution in [0.4, 0.5) is 0 Å². The summed E-state index contributed by atoms with van der Waals surface area (Å²) in [6, 6.07) is 2.45. The first-order valence-electron chi connectivity index (χ1n) is 7.79. The summed E-state index contributed by atoms with van der Waals surface area (Å²) in [5.74, 6) is 1.74. The normalized spacial score (nSPS) is 13.2. The number of thiophene rings is 1. The molecule has 8 heteroatoms. The van der Waals surface area contributed by atoms with Crippen LogP contribution in [0.1, 0.15) is 33.6 Å². The Morgan fingerprint density at radius 2 is 2.09 bits per heavy atom. The molecule has 0 aliphatic carbocycles. The van der Waals surface area contributed by atoms with E-state index in [0.29, 0.717) is 6.54 Å². The van der Waals surface area contributed by atoms with Gasteiger partial charge in [-0.2, -0.15) is 16.5 Å². The molecule has 1 aromatic heterocycles. The zero-order chi connectivity index (χ0) is 17.3. The Balaban J connectivity index is 2.52. The van der Waals surface area contributed by atoms with Crippen LogP contribution in [0.2, 0.25) is 0 Å². The summed E-state index contributed by atoms with van der Waals surface area (Å²) < 4.78 is 27.3. The van der Waals surface area contributed by atoms with Gasteiger partial charge in [0.25, 0.3) is 10.0 Å².